The van der Waals surface area contributed by atoms with E-state index in [1.54, 1.807) is 19.2 Å². The Morgan fingerprint density at radius 2 is 1.95 bits per heavy atom. The van der Waals surface area contributed by atoms with Crippen LogP contribution in [0.3, 0.4) is 0 Å². The summed E-state index contributed by atoms with van der Waals surface area (Å²) >= 11 is 0. The van der Waals surface area contributed by atoms with Gasteiger partial charge in [0, 0.05) is 25.0 Å². The molecule has 2 amide bonds. The Morgan fingerprint density at radius 3 is 2.57 bits per heavy atom. The van der Waals surface area contributed by atoms with Gasteiger partial charge in [0.15, 0.2) is 0 Å². The molecule has 1 heterocycles. The largest absolute Gasteiger partial charge is 0.384 e. The molecule has 3 N–H and O–H groups in total. The Labute approximate surface area is 125 Å². The van der Waals surface area contributed by atoms with Gasteiger partial charge in [-0.1, -0.05) is 6.92 Å². The first-order valence-electron chi connectivity index (χ1n) is 7.24. The minimum atomic E-state index is -0.598. The van der Waals surface area contributed by atoms with Crippen LogP contribution in [-0.4, -0.2) is 35.4 Å². The first kappa shape index (κ1) is 16.9. The molecule has 0 spiro atoms. The lowest BCUT2D eigenvalue weighted by Crippen LogP contribution is -2.46. The fourth-order valence-electron chi connectivity index (χ4n) is 1.74. The maximum absolute atomic E-state index is 12.3. The summed E-state index contributed by atoms with van der Waals surface area (Å²) in [5.74, 6) is -0.515. The van der Waals surface area contributed by atoms with Gasteiger partial charge in [-0.25, -0.2) is 0 Å². The van der Waals surface area contributed by atoms with Gasteiger partial charge in [-0.05, 0) is 33.3 Å². The topological polar surface area (TPSA) is 83.1 Å². The van der Waals surface area contributed by atoms with Crippen molar-refractivity contribution >= 4 is 17.5 Å². The molecule has 0 radical (unpaired) electrons. The zero-order valence-electron chi connectivity index (χ0n) is 13.1. The van der Waals surface area contributed by atoms with Crippen LogP contribution in [0.15, 0.2) is 18.5 Å². The molecule has 0 aliphatic rings. The zero-order chi connectivity index (χ0) is 15.8. The molecule has 0 bridgehead atoms. The van der Waals surface area contributed by atoms with Gasteiger partial charge in [0.1, 0.15) is 6.04 Å². The van der Waals surface area contributed by atoms with Crippen LogP contribution in [0.2, 0.25) is 0 Å². The van der Waals surface area contributed by atoms with Crippen molar-refractivity contribution in [2.75, 3.05) is 11.9 Å². The summed E-state index contributed by atoms with van der Waals surface area (Å²) in [5, 5.41) is 8.63. The average molecular weight is 292 g/mol. The summed E-state index contributed by atoms with van der Waals surface area (Å²) in [4.78, 5) is 28.1. The van der Waals surface area contributed by atoms with Gasteiger partial charge in [-0.2, -0.15) is 0 Å². The number of carbonyl (C=O) groups is 2. The monoisotopic (exact) mass is 292 g/mol. The Morgan fingerprint density at radius 1 is 1.24 bits per heavy atom. The van der Waals surface area contributed by atoms with Crippen LogP contribution in [0.25, 0.3) is 0 Å². The number of carbonyl (C=O) groups excluding carboxylic acids is 2. The molecule has 0 saturated heterocycles. The van der Waals surface area contributed by atoms with Crippen molar-refractivity contribution < 1.29 is 9.59 Å². The van der Waals surface area contributed by atoms with Crippen molar-refractivity contribution in [3.8, 4) is 0 Å². The van der Waals surface area contributed by atoms with E-state index in [0.29, 0.717) is 5.56 Å². The highest BCUT2D eigenvalue weighted by Crippen LogP contribution is 2.13. The Bertz CT molecular complexity index is 488. The third kappa shape index (κ3) is 5.41. The molecule has 0 aromatic carbocycles. The van der Waals surface area contributed by atoms with Crippen molar-refractivity contribution in [3.63, 3.8) is 0 Å². The Hall–Kier alpha value is -2.11. The van der Waals surface area contributed by atoms with Crippen molar-refractivity contribution in [2.45, 2.75) is 46.2 Å². The molecule has 1 unspecified atom stereocenters. The Kier molecular flexibility index (Phi) is 6.65. The third-order valence-electron chi connectivity index (χ3n) is 2.80. The number of nitrogens with one attached hydrogen (secondary N) is 3. The summed E-state index contributed by atoms with van der Waals surface area (Å²) in [5.41, 5.74) is 1.16. The number of hydrogen-bond donors (Lipinski definition) is 3. The summed E-state index contributed by atoms with van der Waals surface area (Å²) in [6, 6.07) is 1.19. The van der Waals surface area contributed by atoms with E-state index in [1.807, 2.05) is 20.8 Å². The van der Waals surface area contributed by atoms with E-state index >= 15 is 0 Å². The van der Waals surface area contributed by atoms with E-state index in [9.17, 15) is 9.59 Å². The fourth-order valence-corrected chi connectivity index (χ4v) is 1.74. The van der Waals surface area contributed by atoms with Crippen LogP contribution < -0.4 is 16.0 Å². The summed E-state index contributed by atoms with van der Waals surface area (Å²) in [6.45, 7) is 8.23. The van der Waals surface area contributed by atoms with Gasteiger partial charge in [-0.3, -0.25) is 14.6 Å². The maximum atomic E-state index is 12.3. The number of anilines is 1. The summed E-state index contributed by atoms with van der Waals surface area (Å²) < 4.78 is 0. The first-order valence-corrected chi connectivity index (χ1v) is 7.24. The second-order valence-electron chi connectivity index (χ2n) is 5.21. The number of hydrogen-bond acceptors (Lipinski definition) is 4. The van der Waals surface area contributed by atoms with E-state index in [2.05, 4.69) is 20.9 Å². The molecule has 116 valence electrons. The fraction of sp³-hybridized carbons (Fsp3) is 0.533. The predicted octanol–water partition coefficient (Wildman–Crippen LogP) is 1.55. The number of amides is 2. The highest BCUT2D eigenvalue weighted by atomic mass is 16.2. The number of nitrogens with zero attached hydrogens (tertiary/aromatic N) is 1. The molecule has 1 rings (SSSR count). The predicted molar refractivity (Wildman–Crippen MR) is 83.2 cm³/mol. The molecular weight excluding hydrogens is 268 g/mol. The third-order valence-corrected chi connectivity index (χ3v) is 2.80. The van der Waals surface area contributed by atoms with Gasteiger partial charge in [0.2, 0.25) is 5.91 Å². The van der Waals surface area contributed by atoms with E-state index in [0.717, 1.165) is 18.7 Å². The number of rotatable bonds is 7. The van der Waals surface area contributed by atoms with E-state index < -0.39 is 6.04 Å². The zero-order valence-corrected chi connectivity index (χ0v) is 13.1. The van der Waals surface area contributed by atoms with Crippen molar-refractivity contribution in [1.82, 2.24) is 15.6 Å². The van der Waals surface area contributed by atoms with Crippen LogP contribution in [0.1, 0.15) is 44.5 Å². The summed E-state index contributed by atoms with van der Waals surface area (Å²) in [7, 11) is 0. The van der Waals surface area contributed by atoms with Crippen molar-refractivity contribution in [3.05, 3.63) is 24.0 Å². The van der Waals surface area contributed by atoms with E-state index in [4.69, 9.17) is 0 Å². The summed E-state index contributed by atoms with van der Waals surface area (Å²) in [6.07, 6.45) is 4.08. The molecule has 1 atom stereocenters. The lowest BCUT2D eigenvalue weighted by Gasteiger charge is -2.17. The molecule has 6 heteroatoms. The standard InChI is InChI=1S/C15H24N4O2/c1-5-7-17-13-6-8-16-9-12(13)15(21)19-11(4)14(20)18-10(2)3/h6,8-11H,5,7H2,1-4H3,(H,16,17)(H,18,20)(H,19,21). The van der Waals surface area contributed by atoms with Crippen LogP contribution in [-0.2, 0) is 4.79 Å². The van der Waals surface area contributed by atoms with Crippen LogP contribution in [0.5, 0.6) is 0 Å². The van der Waals surface area contributed by atoms with Gasteiger partial charge in [0.25, 0.3) is 5.91 Å². The lowest BCUT2D eigenvalue weighted by atomic mass is 10.2. The van der Waals surface area contributed by atoms with Gasteiger partial charge in [0.05, 0.1) is 11.3 Å². The molecule has 0 aliphatic heterocycles. The van der Waals surface area contributed by atoms with Gasteiger partial charge < -0.3 is 16.0 Å². The highest BCUT2D eigenvalue weighted by molar-refractivity contribution is 6.01. The first-order chi connectivity index (χ1) is 9.95. The molecule has 0 saturated carbocycles. The highest BCUT2D eigenvalue weighted by Gasteiger charge is 2.19. The number of pyridine rings is 1. The molecule has 0 fully saturated rings. The van der Waals surface area contributed by atoms with Crippen molar-refractivity contribution in [2.24, 2.45) is 0 Å². The SMILES string of the molecule is CCCNc1ccncc1C(=O)NC(C)C(=O)NC(C)C. The molecular formula is C15H24N4O2. The van der Waals surface area contributed by atoms with Crippen molar-refractivity contribution in [1.29, 1.82) is 0 Å². The molecule has 0 aliphatic carbocycles. The Balaban J connectivity index is 2.73. The second-order valence-corrected chi connectivity index (χ2v) is 5.21. The van der Waals surface area contributed by atoms with Gasteiger partial charge >= 0.3 is 0 Å². The van der Waals surface area contributed by atoms with Crippen LogP contribution >= 0.6 is 0 Å². The minimum absolute atomic E-state index is 0.0389. The minimum Gasteiger partial charge on any atom is -0.384 e. The molecule has 1 aromatic rings. The lowest BCUT2D eigenvalue weighted by molar-refractivity contribution is -0.123. The second kappa shape index (κ2) is 8.24. The smallest absolute Gasteiger partial charge is 0.255 e. The van der Waals surface area contributed by atoms with Crippen LogP contribution in [0, 0.1) is 0 Å². The van der Waals surface area contributed by atoms with E-state index in [1.165, 1.54) is 6.20 Å². The maximum Gasteiger partial charge on any atom is 0.255 e. The molecule has 6 nitrogen and oxygen atoms in total. The van der Waals surface area contributed by atoms with Crippen LogP contribution in [0.4, 0.5) is 5.69 Å². The molecule has 1 aromatic heterocycles. The number of aromatic nitrogens is 1. The normalized spacial score (nSPS) is 11.9. The molecule has 21 heavy (non-hydrogen) atoms. The quantitative estimate of drug-likeness (QED) is 0.712. The van der Waals surface area contributed by atoms with Gasteiger partial charge in [-0.15, -0.1) is 0 Å². The van der Waals surface area contributed by atoms with E-state index in [-0.39, 0.29) is 17.9 Å². The average Bonchev–Trinajstić information content (AvgIpc) is 2.44.